The molecule has 1 aromatic carbocycles. The largest absolute Gasteiger partial charge is 0.508 e. The first kappa shape index (κ1) is 13.1. The van der Waals surface area contributed by atoms with E-state index in [1.165, 1.54) is 5.56 Å². The van der Waals surface area contributed by atoms with Crippen LogP contribution in [-0.4, -0.2) is 5.11 Å². The summed E-state index contributed by atoms with van der Waals surface area (Å²) in [7, 11) is 0. The number of aromatic hydroxyl groups is 1. The minimum absolute atomic E-state index is 0.0218. The Hall–Kier alpha value is -0.980. The average molecular weight is 220 g/mol. The van der Waals surface area contributed by atoms with Crippen molar-refractivity contribution in [2.45, 2.75) is 58.8 Å². The molecule has 0 amide bonds. The fourth-order valence-electron chi connectivity index (χ4n) is 2.05. The summed E-state index contributed by atoms with van der Waals surface area (Å²) in [5.41, 5.74) is 2.44. The maximum atomic E-state index is 10.1. The Morgan fingerprint density at radius 2 is 1.62 bits per heavy atom. The van der Waals surface area contributed by atoms with Gasteiger partial charge in [-0.1, -0.05) is 53.7 Å². The van der Waals surface area contributed by atoms with Crippen LogP contribution in [0.4, 0.5) is 0 Å². The molecule has 0 aliphatic rings. The van der Waals surface area contributed by atoms with Crippen molar-refractivity contribution in [3.8, 4) is 5.75 Å². The van der Waals surface area contributed by atoms with Crippen molar-refractivity contribution in [2.75, 3.05) is 0 Å². The summed E-state index contributed by atoms with van der Waals surface area (Å²) in [6.07, 6.45) is 1.02. The highest BCUT2D eigenvalue weighted by atomic mass is 16.3. The summed E-state index contributed by atoms with van der Waals surface area (Å²) in [6, 6.07) is 5.86. The second-order valence-corrected chi connectivity index (χ2v) is 6.19. The highest BCUT2D eigenvalue weighted by molar-refractivity contribution is 5.47. The van der Waals surface area contributed by atoms with E-state index in [1.807, 2.05) is 6.07 Å². The molecule has 0 fully saturated rings. The lowest BCUT2D eigenvalue weighted by Crippen LogP contribution is -2.23. The van der Waals surface area contributed by atoms with Crippen LogP contribution in [0.3, 0.4) is 0 Å². The van der Waals surface area contributed by atoms with Crippen molar-refractivity contribution in [1.29, 1.82) is 0 Å². The Kier molecular flexibility index (Phi) is 3.37. The molecule has 1 rings (SSSR count). The Bertz CT molecular complexity index is 370. The third-order valence-corrected chi connectivity index (χ3v) is 3.41. The Balaban J connectivity index is 3.48. The van der Waals surface area contributed by atoms with Gasteiger partial charge in [0.1, 0.15) is 5.75 Å². The first-order chi connectivity index (χ1) is 7.20. The molecule has 1 N–H and O–H groups in total. The van der Waals surface area contributed by atoms with Crippen LogP contribution in [-0.2, 0) is 10.8 Å². The van der Waals surface area contributed by atoms with Gasteiger partial charge in [-0.3, -0.25) is 0 Å². The maximum absolute atomic E-state index is 10.1. The summed E-state index contributed by atoms with van der Waals surface area (Å²) < 4.78 is 0. The van der Waals surface area contributed by atoms with Gasteiger partial charge in [0.25, 0.3) is 0 Å². The molecule has 0 saturated carbocycles. The lowest BCUT2D eigenvalue weighted by atomic mass is 9.73. The Morgan fingerprint density at radius 3 is 2.06 bits per heavy atom. The number of benzene rings is 1. The Morgan fingerprint density at radius 1 is 1.06 bits per heavy atom. The van der Waals surface area contributed by atoms with E-state index in [-0.39, 0.29) is 10.8 Å². The topological polar surface area (TPSA) is 20.2 Å². The van der Waals surface area contributed by atoms with E-state index in [9.17, 15) is 5.11 Å². The minimum Gasteiger partial charge on any atom is -0.508 e. The summed E-state index contributed by atoms with van der Waals surface area (Å²) in [4.78, 5) is 0. The van der Waals surface area contributed by atoms with Crippen LogP contribution in [0.5, 0.6) is 5.75 Å². The van der Waals surface area contributed by atoms with E-state index in [0.717, 1.165) is 12.0 Å². The van der Waals surface area contributed by atoms with E-state index < -0.39 is 0 Å². The molecule has 0 aliphatic carbocycles. The zero-order valence-corrected chi connectivity index (χ0v) is 11.4. The first-order valence-electron chi connectivity index (χ1n) is 6.03. The fourth-order valence-corrected chi connectivity index (χ4v) is 2.05. The van der Waals surface area contributed by atoms with Crippen molar-refractivity contribution in [2.24, 2.45) is 0 Å². The molecule has 0 atom stereocenters. The van der Waals surface area contributed by atoms with Crippen LogP contribution in [0.15, 0.2) is 18.2 Å². The zero-order valence-electron chi connectivity index (χ0n) is 11.4. The van der Waals surface area contributed by atoms with Gasteiger partial charge in [-0.15, -0.1) is 0 Å². The number of hydrogen-bond donors (Lipinski definition) is 1. The van der Waals surface area contributed by atoms with Crippen molar-refractivity contribution in [3.63, 3.8) is 0 Å². The predicted octanol–water partition coefficient (Wildman–Crippen LogP) is 4.38. The fraction of sp³-hybridized carbons (Fsp3) is 0.600. The van der Waals surface area contributed by atoms with E-state index in [1.54, 1.807) is 6.07 Å². The van der Waals surface area contributed by atoms with Crippen LogP contribution in [0.1, 0.15) is 59.1 Å². The second-order valence-electron chi connectivity index (χ2n) is 6.19. The standard InChI is InChI=1S/C15H24O/c1-7-15(5,6)13-11(14(2,3)4)9-8-10-12(13)16/h8-10,16H,7H2,1-6H3. The van der Waals surface area contributed by atoms with Gasteiger partial charge in [0.15, 0.2) is 0 Å². The predicted molar refractivity (Wildman–Crippen MR) is 70.1 cm³/mol. The highest BCUT2D eigenvalue weighted by Crippen LogP contribution is 2.40. The molecule has 0 aromatic heterocycles. The molecule has 0 saturated heterocycles. The highest BCUT2D eigenvalue weighted by Gasteiger charge is 2.29. The molecule has 1 aromatic rings. The second kappa shape index (κ2) is 4.12. The number of rotatable bonds is 2. The third kappa shape index (κ3) is 2.40. The smallest absolute Gasteiger partial charge is 0.119 e. The molecule has 16 heavy (non-hydrogen) atoms. The first-order valence-corrected chi connectivity index (χ1v) is 6.03. The molecular weight excluding hydrogens is 196 g/mol. The summed E-state index contributed by atoms with van der Waals surface area (Å²) >= 11 is 0. The normalized spacial score (nSPS) is 12.9. The Labute approximate surface area is 99.5 Å². The number of phenolic OH excluding ortho intramolecular Hbond substituents is 1. The van der Waals surface area contributed by atoms with Crippen LogP contribution in [0.25, 0.3) is 0 Å². The van der Waals surface area contributed by atoms with Gasteiger partial charge < -0.3 is 5.11 Å². The van der Waals surface area contributed by atoms with Crippen LogP contribution < -0.4 is 0 Å². The van der Waals surface area contributed by atoms with E-state index >= 15 is 0 Å². The van der Waals surface area contributed by atoms with Gasteiger partial charge in [0.2, 0.25) is 0 Å². The van der Waals surface area contributed by atoms with Gasteiger partial charge in [0, 0.05) is 5.56 Å². The lowest BCUT2D eigenvalue weighted by molar-refractivity contribution is 0.416. The summed E-state index contributed by atoms with van der Waals surface area (Å²) in [6.45, 7) is 13.1. The molecular formula is C15H24O. The van der Waals surface area contributed by atoms with Gasteiger partial charge in [-0.25, -0.2) is 0 Å². The molecule has 1 heteroatoms. The quantitative estimate of drug-likeness (QED) is 0.784. The number of phenols is 1. The number of hydrogen-bond acceptors (Lipinski definition) is 1. The van der Waals surface area contributed by atoms with Crippen molar-refractivity contribution < 1.29 is 5.11 Å². The van der Waals surface area contributed by atoms with Gasteiger partial charge in [-0.05, 0) is 28.9 Å². The van der Waals surface area contributed by atoms with Crippen LogP contribution in [0, 0.1) is 0 Å². The molecule has 1 nitrogen and oxygen atoms in total. The van der Waals surface area contributed by atoms with Crippen LogP contribution in [0.2, 0.25) is 0 Å². The van der Waals surface area contributed by atoms with Gasteiger partial charge in [-0.2, -0.15) is 0 Å². The minimum atomic E-state index is 0.0218. The third-order valence-electron chi connectivity index (χ3n) is 3.41. The lowest BCUT2D eigenvalue weighted by Gasteiger charge is -2.32. The van der Waals surface area contributed by atoms with Crippen molar-refractivity contribution in [3.05, 3.63) is 29.3 Å². The molecule has 0 radical (unpaired) electrons. The average Bonchev–Trinajstić information content (AvgIpc) is 2.15. The van der Waals surface area contributed by atoms with E-state index in [0.29, 0.717) is 5.75 Å². The summed E-state index contributed by atoms with van der Waals surface area (Å²) in [5, 5.41) is 10.1. The summed E-state index contributed by atoms with van der Waals surface area (Å²) in [5.74, 6) is 0.430. The van der Waals surface area contributed by atoms with Crippen LogP contribution >= 0.6 is 0 Å². The molecule has 0 unspecified atom stereocenters. The van der Waals surface area contributed by atoms with E-state index in [2.05, 4.69) is 47.6 Å². The monoisotopic (exact) mass is 220 g/mol. The van der Waals surface area contributed by atoms with Crippen molar-refractivity contribution in [1.82, 2.24) is 0 Å². The molecule has 0 spiro atoms. The zero-order chi connectivity index (χ0) is 12.6. The van der Waals surface area contributed by atoms with Crippen molar-refractivity contribution >= 4 is 0 Å². The molecule has 0 aliphatic heterocycles. The van der Waals surface area contributed by atoms with Gasteiger partial charge in [0.05, 0.1) is 0 Å². The molecule has 0 bridgehead atoms. The maximum Gasteiger partial charge on any atom is 0.119 e. The van der Waals surface area contributed by atoms with E-state index in [4.69, 9.17) is 0 Å². The van der Waals surface area contributed by atoms with Gasteiger partial charge >= 0.3 is 0 Å². The SMILES string of the molecule is CCC(C)(C)c1c(O)cccc1C(C)(C)C. The molecule has 0 heterocycles. The molecule has 90 valence electrons.